The van der Waals surface area contributed by atoms with E-state index in [1.54, 1.807) is 0 Å². The van der Waals surface area contributed by atoms with Gasteiger partial charge in [-0.3, -0.25) is 4.79 Å². The van der Waals surface area contributed by atoms with Gasteiger partial charge >= 0.3 is 0 Å². The van der Waals surface area contributed by atoms with Crippen molar-refractivity contribution in [3.05, 3.63) is 29.3 Å². The van der Waals surface area contributed by atoms with E-state index in [1.807, 2.05) is 18.2 Å². The molecule has 0 saturated heterocycles. The summed E-state index contributed by atoms with van der Waals surface area (Å²) in [5.41, 5.74) is 3.08. The number of hydrogen-bond acceptors (Lipinski definition) is 3. The molecule has 4 nitrogen and oxygen atoms in total. The highest BCUT2D eigenvalue weighted by molar-refractivity contribution is 5.95. The number of carbonyl (C=O) groups excluding carboxylic acids is 1. The molecule has 0 bridgehead atoms. The molecule has 104 valence electrons. The van der Waals surface area contributed by atoms with E-state index in [2.05, 4.69) is 17.6 Å². The van der Waals surface area contributed by atoms with Crippen molar-refractivity contribution in [1.29, 1.82) is 0 Å². The summed E-state index contributed by atoms with van der Waals surface area (Å²) in [7, 11) is 0. The smallest absolute Gasteiger partial charge is 0.251 e. The Hall–Kier alpha value is -1.55. The molecule has 1 aromatic rings. The SMILES string of the molecule is CCC(CCO)CNC(=O)c1ccc2c(c1)CCN2. The fourth-order valence-electron chi connectivity index (χ4n) is 2.42. The van der Waals surface area contributed by atoms with Crippen molar-refractivity contribution in [1.82, 2.24) is 5.32 Å². The Labute approximate surface area is 114 Å². The molecule has 0 saturated carbocycles. The van der Waals surface area contributed by atoms with Crippen molar-refractivity contribution in [3.63, 3.8) is 0 Å². The van der Waals surface area contributed by atoms with Gasteiger partial charge in [0.15, 0.2) is 0 Å². The van der Waals surface area contributed by atoms with Crippen LogP contribution in [0.25, 0.3) is 0 Å². The summed E-state index contributed by atoms with van der Waals surface area (Å²) in [4.78, 5) is 12.1. The molecular weight excluding hydrogens is 240 g/mol. The average Bonchev–Trinajstić information content (AvgIpc) is 2.90. The summed E-state index contributed by atoms with van der Waals surface area (Å²) >= 11 is 0. The maximum absolute atomic E-state index is 12.1. The van der Waals surface area contributed by atoms with Crippen molar-refractivity contribution in [2.75, 3.05) is 25.0 Å². The van der Waals surface area contributed by atoms with Crippen LogP contribution in [0, 0.1) is 5.92 Å². The van der Waals surface area contributed by atoms with Crippen molar-refractivity contribution < 1.29 is 9.90 Å². The first-order valence-corrected chi connectivity index (χ1v) is 7.00. The van der Waals surface area contributed by atoms with Crippen molar-refractivity contribution >= 4 is 11.6 Å². The van der Waals surface area contributed by atoms with E-state index in [0.717, 1.165) is 37.1 Å². The highest BCUT2D eigenvalue weighted by atomic mass is 16.3. The van der Waals surface area contributed by atoms with E-state index in [-0.39, 0.29) is 12.5 Å². The Morgan fingerprint density at radius 1 is 1.53 bits per heavy atom. The molecule has 0 spiro atoms. The van der Waals surface area contributed by atoms with Gasteiger partial charge in [0.2, 0.25) is 0 Å². The molecule has 0 radical (unpaired) electrons. The van der Waals surface area contributed by atoms with Crippen LogP contribution in [-0.4, -0.2) is 30.7 Å². The van der Waals surface area contributed by atoms with Crippen LogP contribution in [0.3, 0.4) is 0 Å². The third-order valence-electron chi connectivity index (χ3n) is 3.74. The van der Waals surface area contributed by atoms with Crippen LogP contribution < -0.4 is 10.6 Å². The first-order valence-electron chi connectivity index (χ1n) is 7.00. The van der Waals surface area contributed by atoms with E-state index >= 15 is 0 Å². The van der Waals surface area contributed by atoms with Gasteiger partial charge in [-0.05, 0) is 42.5 Å². The number of fused-ring (bicyclic) bond motifs is 1. The van der Waals surface area contributed by atoms with Crippen LogP contribution in [-0.2, 0) is 6.42 Å². The van der Waals surface area contributed by atoms with Crippen LogP contribution in [0.15, 0.2) is 18.2 Å². The van der Waals surface area contributed by atoms with Gasteiger partial charge in [0.25, 0.3) is 5.91 Å². The van der Waals surface area contributed by atoms with Crippen molar-refractivity contribution in [2.24, 2.45) is 5.92 Å². The van der Waals surface area contributed by atoms with Crippen LogP contribution in [0.4, 0.5) is 5.69 Å². The molecule has 0 fully saturated rings. The molecule has 19 heavy (non-hydrogen) atoms. The molecule has 1 aromatic carbocycles. The fraction of sp³-hybridized carbons (Fsp3) is 0.533. The number of aliphatic hydroxyl groups is 1. The van der Waals surface area contributed by atoms with E-state index in [4.69, 9.17) is 5.11 Å². The standard InChI is InChI=1S/C15H22N2O2/c1-2-11(6-8-18)10-17-15(19)13-3-4-14-12(9-13)5-7-16-14/h3-4,9,11,16,18H,2,5-8,10H2,1H3,(H,17,19). The highest BCUT2D eigenvalue weighted by Crippen LogP contribution is 2.22. The zero-order chi connectivity index (χ0) is 13.7. The van der Waals surface area contributed by atoms with Crippen molar-refractivity contribution in [2.45, 2.75) is 26.2 Å². The molecule has 1 unspecified atom stereocenters. The van der Waals surface area contributed by atoms with Crippen LogP contribution in [0.1, 0.15) is 35.7 Å². The van der Waals surface area contributed by atoms with Gasteiger partial charge in [-0.1, -0.05) is 13.3 Å². The van der Waals surface area contributed by atoms with Gasteiger partial charge < -0.3 is 15.7 Å². The van der Waals surface area contributed by atoms with Crippen molar-refractivity contribution in [3.8, 4) is 0 Å². The van der Waals surface area contributed by atoms with Crippen LogP contribution >= 0.6 is 0 Å². The number of hydrogen-bond donors (Lipinski definition) is 3. The number of anilines is 1. The molecular formula is C15H22N2O2. The lowest BCUT2D eigenvalue weighted by Gasteiger charge is -2.14. The molecule has 1 heterocycles. The lowest BCUT2D eigenvalue weighted by molar-refractivity contribution is 0.0943. The molecule has 0 aliphatic carbocycles. The second kappa shape index (κ2) is 6.57. The molecule has 4 heteroatoms. The maximum atomic E-state index is 12.1. The molecule has 3 N–H and O–H groups in total. The van der Waals surface area contributed by atoms with Crippen LogP contribution in [0.5, 0.6) is 0 Å². The monoisotopic (exact) mass is 262 g/mol. The Morgan fingerprint density at radius 3 is 3.11 bits per heavy atom. The molecule has 0 aromatic heterocycles. The van der Waals surface area contributed by atoms with Gasteiger partial charge in [0.1, 0.15) is 0 Å². The van der Waals surface area contributed by atoms with Gasteiger partial charge in [-0.2, -0.15) is 0 Å². The molecule has 1 atom stereocenters. The Kier molecular flexibility index (Phi) is 4.80. The summed E-state index contributed by atoms with van der Waals surface area (Å²) in [5.74, 6) is 0.330. The Bertz CT molecular complexity index is 446. The van der Waals surface area contributed by atoms with E-state index < -0.39 is 0 Å². The number of rotatable bonds is 6. The number of aliphatic hydroxyl groups excluding tert-OH is 1. The first kappa shape index (κ1) is 13.9. The average molecular weight is 262 g/mol. The number of benzene rings is 1. The minimum atomic E-state index is -0.0221. The lowest BCUT2D eigenvalue weighted by atomic mass is 10.0. The predicted molar refractivity (Wildman–Crippen MR) is 76.5 cm³/mol. The first-order chi connectivity index (χ1) is 9.24. The normalized spacial score (nSPS) is 14.6. The Morgan fingerprint density at radius 2 is 2.37 bits per heavy atom. The number of carbonyl (C=O) groups is 1. The molecule has 2 rings (SSSR count). The quantitative estimate of drug-likeness (QED) is 0.732. The van der Waals surface area contributed by atoms with Gasteiger partial charge in [0, 0.05) is 30.9 Å². The minimum Gasteiger partial charge on any atom is -0.396 e. The largest absolute Gasteiger partial charge is 0.396 e. The summed E-state index contributed by atoms with van der Waals surface area (Å²) < 4.78 is 0. The van der Waals surface area contributed by atoms with E-state index in [9.17, 15) is 4.79 Å². The predicted octanol–water partition coefficient (Wildman–Crippen LogP) is 1.79. The molecule has 1 aliphatic heterocycles. The second-order valence-electron chi connectivity index (χ2n) is 5.05. The molecule has 1 amide bonds. The minimum absolute atomic E-state index is 0.0221. The summed E-state index contributed by atoms with van der Waals surface area (Å²) in [6.07, 6.45) is 2.69. The summed E-state index contributed by atoms with van der Waals surface area (Å²) in [5, 5.41) is 15.2. The van der Waals surface area contributed by atoms with E-state index in [1.165, 1.54) is 5.56 Å². The van der Waals surface area contributed by atoms with E-state index in [0.29, 0.717) is 12.5 Å². The zero-order valence-electron chi connectivity index (χ0n) is 11.4. The highest BCUT2D eigenvalue weighted by Gasteiger charge is 2.14. The number of amides is 1. The third kappa shape index (κ3) is 3.47. The second-order valence-corrected chi connectivity index (χ2v) is 5.05. The molecule has 1 aliphatic rings. The Balaban J connectivity index is 1.92. The summed E-state index contributed by atoms with van der Waals surface area (Å²) in [6.45, 7) is 3.84. The topological polar surface area (TPSA) is 61.4 Å². The third-order valence-corrected chi connectivity index (χ3v) is 3.74. The lowest BCUT2D eigenvalue weighted by Crippen LogP contribution is -2.29. The zero-order valence-corrected chi connectivity index (χ0v) is 11.4. The number of nitrogens with one attached hydrogen (secondary N) is 2. The summed E-state index contributed by atoms with van der Waals surface area (Å²) in [6, 6.07) is 5.80. The van der Waals surface area contributed by atoms with Gasteiger partial charge in [-0.15, -0.1) is 0 Å². The maximum Gasteiger partial charge on any atom is 0.251 e. The van der Waals surface area contributed by atoms with Crippen LogP contribution in [0.2, 0.25) is 0 Å². The van der Waals surface area contributed by atoms with Gasteiger partial charge in [-0.25, -0.2) is 0 Å². The fourth-order valence-corrected chi connectivity index (χ4v) is 2.42. The van der Waals surface area contributed by atoms with Gasteiger partial charge in [0.05, 0.1) is 0 Å².